The Kier molecular flexibility index (Phi) is 5.36. The lowest BCUT2D eigenvalue weighted by atomic mass is 9.89. The van der Waals surface area contributed by atoms with Gasteiger partial charge < -0.3 is 15.4 Å². The van der Waals surface area contributed by atoms with E-state index in [2.05, 4.69) is 10.6 Å². The minimum atomic E-state index is 0.0451. The number of amides is 1. The third kappa shape index (κ3) is 4.65. The molecule has 0 unspecified atom stereocenters. The molecular weight excluding hydrogens is 240 g/mol. The van der Waals surface area contributed by atoms with E-state index in [0.29, 0.717) is 25.2 Å². The first-order valence-corrected chi connectivity index (χ1v) is 6.93. The highest BCUT2D eigenvalue weighted by atomic mass is 16.5. The smallest absolute Gasteiger partial charge is 0.234 e. The zero-order valence-corrected chi connectivity index (χ0v) is 11.4. The molecule has 0 aromatic heterocycles. The fraction of sp³-hybridized carbons (Fsp3) is 0.533. The predicted octanol–water partition coefficient (Wildman–Crippen LogP) is 1.46. The zero-order valence-electron chi connectivity index (χ0n) is 11.4. The Balaban J connectivity index is 1.56. The number of carbonyl (C=O) groups excluding carboxylic acids is 1. The van der Waals surface area contributed by atoms with Crippen LogP contribution in [-0.2, 0) is 16.1 Å². The molecule has 0 saturated heterocycles. The molecule has 2 N–H and O–H groups in total. The van der Waals surface area contributed by atoms with Crippen molar-refractivity contribution in [3.63, 3.8) is 0 Å². The normalized spacial score (nSPS) is 21.7. The molecule has 1 amide bonds. The highest BCUT2D eigenvalue weighted by Crippen LogP contribution is 2.22. The maximum Gasteiger partial charge on any atom is 0.234 e. The quantitative estimate of drug-likeness (QED) is 0.782. The first-order valence-electron chi connectivity index (χ1n) is 6.93. The topological polar surface area (TPSA) is 50.4 Å². The van der Waals surface area contributed by atoms with E-state index in [1.165, 1.54) is 0 Å². The van der Waals surface area contributed by atoms with E-state index in [0.717, 1.165) is 25.0 Å². The fourth-order valence-electron chi connectivity index (χ4n) is 2.20. The van der Waals surface area contributed by atoms with Gasteiger partial charge in [0.05, 0.1) is 12.6 Å². The van der Waals surface area contributed by atoms with Crippen molar-refractivity contribution < 1.29 is 9.53 Å². The standard InChI is InChI=1S/C15H22N2O2/c1-2-19-14-8-13(9-14)16-11-15(18)17-10-12-6-4-3-5-7-12/h3-7,13-14,16H,2,8-11H2,1H3,(H,17,18). The summed E-state index contributed by atoms with van der Waals surface area (Å²) in [6, 6.07) is 10.4. The maximum absolute atomic E-state index is 11.7. The third-order valence-electron chi connectivity index (χ3n) is 3.38. The van der Waals surface area contributed by atoms with Crippen molar-refractivity contribution >= 4 is 5.91 Å². The predicted molar refractivity (Wildman–Crippen MR) is 74.7 cm³/mol. The van der Waals surface area contributed by atoms with E-state index in [4.69, 9.17) is 4.74 Å². The van der Waals surface area contributed by atoms with Gasteiger partial charge in [0.15, 0.2) is 0 Å². The van der Waals surface area contributed by atoms with E-state index < -0.39 is 0 Å². The Morgan fingerprint density at radius 3 is 2.74 bits per heavy atom. The Bertz CT molecular complexity index is 388. The summed E-state index contributed by atoms with van der Waals surface area (Å²) in [5, 5.41) is 6.16. The van der Waals surface area contributed by atoms with Crippen LogP contribution in [0.5, 0.6) is 0 Å². The Morgan fingerprint density at radius 2 is 2.05 bits per heavy atom. The van der Waals surface area contributed by atoms with Crippen molar-refractivity contribution in [1.29, 1.82) is 0 Å². The number of hydrogen-bond acceptors (Lipinski definition) is 3. The Labute approximate surface area is 114 Å². The summed E-state index contributed by atoms with van der Waals surface area (Å²) in [5.41, 5.74) is 1.12. The molecule has 0 spiro atoms. The van der Waals surface area contributed by atoms with Crippen LogP contribution in [0.4, 0.5) is 0 Å². The third-order valence-corrected chi connectivity index (χ3v) is 3.38. The van der Waals surface area contributed by atoms with Gasteiger partial charge in [0.2, 0.25) is 5.91 Å². The molecular formula is C15H22N2O2. The largest absolute Gasteiger partial charge is 0.378 e. The van der Waals surface area contributed by atoms with Gasteiger partial charge in [-0.15, -0.1) is 0 Å². The molecule has 1 aromatic carbocycles. The SMILES string of the molecule is CCOC1CC(NCC(=O)NCc2ccccc2)C1. The van der Waals surface area contributed by atoms with Gasteiger partial charge in [-0.1, -0.05) is 30.3 Å². The summed E-state index contributed by atoms with van der Waals surface area (Å²) in [5.74, 6) is 0.0451. The molecule has 0 aliphatic heterocycles. The van der Waals surface area contributed by atoms with Crippen molar-refractivity contribution in [2.45, 2.75) is 38.5 Å². The van der Waals surface area contributed by atoms with Gasteiger partial charge in [-0.2, -0.15) is 0 Å². The second kappa shape index (κ2) is 7.26. The molecule has 0 bridgehead atoms. The summed E-state index contributed by atoms with van der Waals surface area (Å²) in [6.45, 7) is 3.76. The van der Waals surface area contributed by atoms with Crippen LogP contribution in [0, 0.1) is 0 Å². The minimum Gasteiger partial charge on any atom is -0.378 e. The number of carbonyl (C=O) groups is 1. The number of hydrogen-bond donors (Lipinski definition) is 2. The maximum atomic E-state index is 11.7. The lowest BCUT2D eigenvalue weighted by Crippen LogP contribution is -2.48. The number of ether oxygens (including phenoxy) is 1. The molecule has 0 heterocycles. The average molecular weight is 262 g/mol. The van der Waals surface area contributed by atoms with Crippen LogP contribution in [0.15, 0.2) is 30.3 Å². The molecule has 1 fully saturated rings. The number of nitrogens with one attached hydrogen (secondary N) is 2. The summed E-state index contributed by atoms with van der Waals surface area (Å²) < 4.78 is 5.48. The molecule has 1 aliphatic carbocycles. The second-order valence-electron chi connectivity index (χ2n) is 4.89. The summed E-state index contributed by atoms with van der Waals surface area (Å²) >= 11 is 0. The molecule has 2 rings (SSSR count). The van der Waals surface area contributed by atoms with E-state index in [1.807, 2.05) is 37.3 Å². The van der Waals surface area contributed by atoms with E-state index in [-0.39, 0.29) is 5.91 Å². The number of rotatable bonds is 7. The van der Waals surface area contributed by atoms with Crippen LogP contribution in [0.1, 0.15) is 25.3 Å². The summed E-state index contributed by atoms with van der Waals surface area (Å²) in [7, 11) is 0. The molecule has 4 heteroatoms. The minimum absolute atomic E-state index is 0.0451. The van der Waals surface area contributed by atoms with Crippen molar-refractivity contribution in [2.75, 3.05) is 13.2 Å². The van der Waals surface area contributed by atoms with Crippen LogP contribution >= 0.6 is 0 Å². The Hall–Kier alpha value is -1.39. The van der Waals surface area contributed by atoms with Crippen molar-refractivity contribution in [1.82, 2.24) is 10.6 Å². The van der Waals surface area contributed by atoms with Crippen LogP contribution in [0.25, 0.3) is 0 Å². The first kappa shape index (κ1) is 14.0. The van der Waals surface area contributed by atoms with E-state index in [1.54, 1.807) is 0 Å². The van der Waals surface area contributed by atoms with Gasteiger partial charge in [-0.05, 0) is 25.3 Å². The monoisotopic (exact) mass is 262 g/mol. The molecule has 19 heavy (non-hydrogen) atoms. The Morgan fingerprint density at radius 1 is 1.32 bits per heavy atom. The molecule has 0 atom stereocenters. The van der Waals surface area contributed by atoms with E-state index in [9.17, 15) is 4.79 Å². The zero-order chi connectivity index (χ0) is 13.5. The van der Waals surface area contributed by atoms with Crippen molar-refractivity contribution in [3.05, 3.63) is 35.9 Å². The highest BCUT2D eigenvalue weighted by Gasteiger charge is 2.29. The molecule has 0 radical (unpaired) electrons. The van der Waals surface area contributed by atoms with Gasteiger partial charge in [0.1, 0.15) is 0 Å². The van der Waals surface area contributed by atoms with E-state index >= 15 is 0 Å². The first-order chi connectivity index (χ1) is 9.28. The lowest BCUT2D eigenvalue weighted by molar-refractivity contribution is -0.120. The van der Waals surface area contributed by atoms with Crippen LogP contribution in [0.2, 0.25) is 0 Å². The molecule has 1 aliphatic rings. The van der Waals surface area contributed by atoms with Crippen LogP contribution in [-0.4, -0.2) is 31.2 Å². The van der Waals surface area contributed by atoms with Crippen LogP contribution < -0.4 is 10.6 Å². The second-order valence-corrected chi connectivity index (χ2v) is 4.89. The van der Waals surface area contributed by atoms with Crippen LogP contribution in [0.3, 0.4) is 0 Å². The van der Waals surface area contributed by atoms with Gasteiger partial charge in [0, 0.05) is 19.2 Å². The summed E-state index contributed by atoms with van der Waals surface area (Å²) in [6.07, 6.45) is 2.41. The molecule has 104 valence electrons. The summed E-state index contributed by atoms with van der Waals surface area (Å²) in [4.78, 5) is 11.7. The van der Waals surface area contributed by atoms with Crippen molar-refractivity contribution in [2.24, 2.45) is 0 Å². The molecule has 4 nitrogen and oxygen atoms in total. The number of benzene rings is 1. The molecule has 1 saturated carbocycles. The van der Waals surface area contributed by atoms with Gasteiger partial charge in [0.25, 0.3) is 0 Å². The van der Waals surface area contributed by atoms with Gasteiger partial charge in [-0.25, -0.2) is 0 Å². The van der Waals surface area contributed by atoms with Gasteiger partial charge in [-0.3, -0.25) is 4.79 Å². The lowest BCUT2D eigenvalue weighted by Gasteiger charge is -2.35. The fourth-order valence-corrected chi connectivity index (χ4v) is 2.20. The van der Waals surface area contributed by atoms with Crippen molar-refractivity contribution in [3.8, 4) is 0 Å². The molecule has 1 aromatic rings. The highest BCUT2D eigenvalue weighted by molar-refractivity contribution is 5.78. The average Bonchev–Trinajstić information content (AvgIpc) is 2.40. The van der Waals surface area contributed by atoms with Gasteiger partial charge >= 0.3 is 0 Å².